The average molecular weight is 329 g/mol. The summed E-state index contributed by atoms with van der Waals surface area (Å²) in [7, 11) is 1.52. The molecule has 0 aliphatic rings. The molecule has 1 atom stereocenters. The van der Waals surface area contributed by atoms with Gasteiger partial charge in [0.2, 0.25) is 0 Å². The Labute approximate surface area is 131 Å². The van der Waals surface area contributed by atoms with Gasteiger partial charge in [0, 0.05) is 26.4 Å². The van der Waals surface area contributed by atoms with Crippen molar-refractivity contribution in [2.45, 2.75) is 18.8 Å². The van der Waals surface area contributed by atoms with Gasteiger partial charge in [0.15, 0.2) is 5.69 Å². The van der Waals surface area contributed by atoms with Crippen molar-refractivity contribution in [3.8, 4) is 5.69 Å². The molecule has 1 aromatic heterocycles. The number of aliphatic hydroxyl groups is 1. The van der Waals surface area contributed by atoms with Gasteiger partial charge in [0.05, 0.1) is 18.4 Å². The van der Waals surface area contributed by atoms with E-state index in [1.54, 1.807) is 24.3 Å². The summed E-state index contributed by atoms with van der Waals surface area (Å²) in [6, 6.07) is 7.90. The van der Waals surface area contributed by atoms with Crippen molar-refractivity contribution in [3.05, 3.63) is 47.8 Å². The molecule has 0 spiro atoms. The minimum Gasteiger partial charge on any atom is -0.389 e. The number of ether oxygens (including phenoxy) is 1. The molecule has 0 saturated carbocycles. The molecule has 0 aliphatic carbocycles. The summed E-state index contributed by atoms with van der Waals surface area (Å²) in [6.07, 6.45) is -3.75. The predicted octanol–water partition coefficient (Wildman–Crippen LogP) is 1.99. The Kier molecular flexibility index (Phi) is 5.75. The summed E-state index contributed by atoms with van der Waals surface area (Å²) in [4.78, 5) is 0. The molecule has 0 aliphatic heterocycles. The van der Waals surface area contributed by atoms with Gasteiger partial charge >= 0.3 is 6.18 Å². The van der Waals surface area contributed by atoms with E-state index in [2.05, 4.69) is 10.4 Å². The minimum atomic E-state index is -4.45. The lowest BCUT2D eigenvalue weighted by molar-refractivity contribution is -0.141. The van der Waals surface area contributed by atoms with Gasteiger partial charge in [-0.2, -0.15) is 18.3 Å². The molecule has 0 radical (unpaired) electrons. The van der Waals surface area contributed by atoms with E-state index in [1.807, 2.05) is 0 Å². The number of methoxy groups -OCH3 is 1. The molecule has 2 rings (SSSR count). The molecule has 5 nitrogen and oxygen atoms in total. The van der Waals surface area contributed by atoms with E-state index in [0.717, 1.165) is 11.6 Å². The van der Waals surface area contributed by atoms with Gasteiger partial charge in [-0.25, -0.2) is 4.68 Å². The molecule has 23 heavy (non-hydrogen) atoms. The first-order valence-electron chi connectivity index (χ1n) is 7.00. The predicted molar refractivity (Wildman–Crippen MR) is 78.2 cm³/mol. The van der Waals surface area contributed by atoms with E-state index >= 15 is 0 Å². The molecule has 2 N–H and O–H groups in total. The molecule has 2 aromatic rings. The zero-order valence-corrected chi connectivity index (χ0v) is 12.5. The van der Waals surface area contributed by atoms with Crippen molar-refractivity contribution in [3.63, 3.8) is 0 Å². The molecule has 8 heteroatoms. The SMILES string of the molecule is COCC(O)CNCc1ccc(-n2ccc(C(F)(F)F)n2)cc1. The number of hydrogen-bond acceptors (Lipinski definition) is 4. The van der Waals surface area contributed by atoms with E-state index in [1.165, 1.54) is 18.0 Å². The van der Waals surface area contributed by atoms with E-state index < -0.39 is 18.0 Å². The van der Waals surface area contributed by atoms with Crippen molar-refractivity contribution in [1.29, 1.82) is 0 Å². The smallest absolute Gasteiger partial charge is 0.389 e. The van der Waals surface area contributed by atoms with Crippen LogP contribution < -0.4 is 5.32 Å². The Morgan fingerprint density at radius 3 is 2.52 bits per heavy atom. The quantitative estimate of drug-likeness (QED) is 0.816. The second-order valence-electron chi connectivity index (χ2n) is 5.05. The summed E-state index contributed by atoms with van der Waals surface area (Å²) in [5, 5.41) is 16.1. The van der Waals surface area contributed by atoms with Crippen LogP contribution in [-0.4, -0.2) is 41.3 Å². The number of nitrogens with zero attached hydrogens (tertiary/aromatic N) is 2. The zero-order chi connectivity index (χ0) is 16.9. The second kappa shape index (κ2) is 7.58. The van der Waals surface area contributed by atoms with Gasteiger partial charge < -0.3 is 15.2 Å². The van der Waals surface area contributed by atoms with Crippen LogP contribution in [0.5, 0.6) is 0 Å². The minimum absolute atomic E-state index is 0.257. The van der Waals surface area contributed by atoms with Gasteiger partial charge in [-0.1, -0.05) is 12.1 Å². The van der Waals surface area contributed by atoms with Crippen LogP contribution in [-0.2, 0) is 17.5 Å². The Balaban J connectivity index is 1.93. The Bertz CT molecular complexity index is 611. The fraction of sp³-hybridized carbons (Fsp3) is 0.400. The maximum absolute atomic E-state index is 12.5. The van der Waals surface area contributed by atoms with Crippen LogP contribution in [0.15, 0.2) is 36.5 Å². The maximum Gasteiger partial charge on any atom is 0.435 e. The van der Waals surface area contributed by atoms with Gasteiger partial charge in [0.1, 0.15) is 0 Å². The Morgan fingerprint density at radius 2 is 1.96 bits per heavy atom. The number of halogens is 3. The third kappa shape index (κ3) is 5.05. The summed E-state index contributed by atoms with van der Waals surface area (Å²) in [5.74, 6) is 0. The number of alkyl halides is 3. The largest absolute Gasteiger partial charge is 0.435 e. The Hall–Kier alpha value is -1.90. The van der Waals surface area contributed by atoms with Gasteiger partial charge in [-0.3, -0.25) is 0 Å². The maximum atomic E-state index is 12.5. The molecule has 0 fully saturated rings. The fourth-order valence-corrected chi connectivity index (χ4v) is 2.02. The van der Waals surface area contributed by atoms with Gasteiger partial charge in [-0.15, -0.1) is 0 Å². The van der Waals surface area contributed by atoms with Gasteiger partial charge in [-0.05, 0) is 23.8 Å². The van der Waals surface area contributed by atoms with Crippen LogP contribution in [0.3, 0.4) is 0 Å². The molecular formula is C15H18F3N3O2. The first-order valence-corrected chi connectivity index (χ1v) is 7.00. The topological polar surface area (TPSA) is 59.3 Å². The average Bonchev–Trinajstić information content (AvgIpc) is 2.98. The number of hydrogen-bond donors (Lipinski definition) is 2. The van der Waals surface area contributed by atoms with Gasteiger partial charge in [0.25, 0.3) is 0 Å². The second-order valence-corrected chi connectivity index (χ2v) is 5.05. The molecule has 1 heterocycles. The molecule has 0 bridgehead atoms. The first kappa shape index (κ1) is 17.5. The third-order valence-corrected chi connectivity index (χ3v) is 3.15. The summed E-state index contributed by atoms with van der Waals surface area (Å²) in [5.41, 5.74) is 0.570. The summed E-state index contributed by atoms with van der Waals surface area (Å²) in [6.45, 7) is 1.18. The van der Waals surface area contributed by atoms with Crippen LogP contribution in [0.4, 0.5) is 13.2 Å². The highest BCUT2D eigenvalue weighted by Crippen LogP contribution is 2.27. The lowest BCUT2D eigenvalue weighted by atomic mass is 10.2. The van der Waals surface area contributed by atoms with Crippen LogP contribution in [0.1, 0.15) is 11.3 Å². The van der Waals surface area contributed by atoms with E-state index in [-0.39, 0.29) is 6.61 Å². The fourth-order valence-electron chi connectivity index (χ4n) is 2.02. The molecule has 0 amide bonds. The van der Waals surface area contributed by atoms with Crippen molar-refractivity contribution in [2.75, 3.05) is 20.3 Å². The van der Waals surface area contributed by atoms with Crippen LogP contribution in [0.2, 0.25) is 0 Å². The lowest BCUT2D eigenvalue weighted by Gasteiger charge is -2.11. The number of benzene rings is 1. The van der Waals surface area contributed by atoms with Crippen molar-refractivity contribution in [1.82, 2.24) is 15.1 Å². The van der Waals surface area contributed by atoms with Crippen LogP contribution in [0.25, 0.3) is 5.69 Å². The van der Waals surface area contributed by atoms with Crippen molar-refractivity contribution in [2.24, 2.45) is 0 Å². The third-order valence-electron chi connectivity index (χ3n) is 3.15. The lowest BCUT2D eigenvalue weighted by Crippen LogP contribution is -2.29. The van der Waals surface area contributed by atoms with E-state index in [0.29, 0.717) is 18.8 Å². The highest BCUT2D eigenvalue weighted by atomic mass is 19.4. The summed E-state index contributed by atoms with van der Waals surface area (Å²) < 4.78 is 43.6. The number of aliphatic hydroxyl groups excluding tert-OH is 1. The highest BCUT2D eigenvalue weighted by molar-refractivity contribution is 5.34. The zero-order valence-electron chi connectivity index (χ0n) is 12.5. The van der Waals surface area contributed by atoms with Crippen LogP contribution >= 0.6 is 0 Å². The van der Waals surface area contributed by atoms with E-state index in [4.69, 9.17) is 4.74 Å². The number of aromatic nitrogens is 2. The summed E-state index contributed by atoms with van der Waals surface area (Å²) >= 11 is 0. The molecule has 1 unspecified atom stereocenters. The molecule has 0 saturated heterocycles. The molecule has 126 valence electrons. The number of rotatable bonds is 7. The normalized spacial score (nSPS) is 13.3. The van der Waals surface area contributed by atoms with E-state index in [9.17, 15) is 18.3 Å². The van der Waals surface area contributed by atoms with Crippen LogP contribution in [0, 0.1) is 0 Å². The Morgan fingerprint density at radius 1 is 1.26 bits per heavy atom. The first-order chi connectivity index (χ1) is 10.9. The molecular weight excluding hydrogens is 311 g/mol. The monoisotopic (exact) mass is 329 g/mol. The highest BCUT2D eigenvalue weighted by Gasteiger charge is 2.33. The van der Waals surface area contributed by atoms with Crippen molar-refractivity contribution < 1.29 is 23.0 Å². The number of nitrogens with one attached hydrogen (secondary N) is 1. The van der Waals surface area contributed by atoms with Crippen molar-refractivity contribution >= 4 is 0 Å². The molecule has 1 aromatic carbocycles. The standard InChI is InChI=1S/C15H18F3N3O2/c1-23-10-13(22)9-19-8-11-2-4-12(5-3-11)21-7-6-14(20-21)15(16,17)18/h2-7,13,19,22H,8-10H2,1H3.